The van der Waals surface area contributed by atoms with Gasteiger partial charge in [-0.2, -0.15) is 13.7 Å². The van der Waals surface area contributed by atoms with Crippen molar-refractivity contribution >= 4 is 33.0 Å². The second-order valence-corrected chi connectivity index (χ2v) is 10.5. The number of aromatic nitrogens is 4. The maximum Gasteiger partial charge on any atom is 0.294 e. The number of nitriles is 1. The van der Waals surface area contributed by atoms with Crippen LogP contribution in [0.15, 0.2) is 35.5 Å². The first-order valence-corrected chi connectivity index (χ1v) is 13.9. The van der Waals surface area contributed by atoms with Crippen LogP contribution in [-0.4, -0.2) is 85.2 Å². The number of hydrogen-bond donors (Lipinski definition) is 6. The van der Waals surface area contributed by atoms with Crippen LogP contribution in [0.2, 0.25) is 0 Å². The van der Waals surface area contributed by atoms with Gasteiger partial charge in [0, 0.05) is 18.5 Å². The molecule has 1 saturated heterocycles. The van der Waals surface area contributed by atoms with Gasteiger partial charge in [-0.1, -0.05) is 6.42 Å². The zero-order valence-corrected chi connectivity index (χ0v) is 22.0. The van der Waals surface area contributed by atoms with Gasteiger partial charge in [0.25, 0.3) is 16.0 Å². The van der Waals surface area contributed by atoms with Crippen LogP contribution >= 0.6 is 0 Å². The summed E-state index contributed by atoms with van der Waals surface area (Å²) in [5, 5.41) is 44.7. The third kappa shape index (κ3) is 6.53. The average molecular weight is 576 g/mol. The summed E-state index contributed by atoms with van der Waals surface area (Å²) in [6.45, 7) is -0.117. The quantitative estimate of drug-likeness (QED) is 0.124. The normalized spacial score (nSPS) is 20.9. The van der Waals surface area contributed by atoms with Crippen molar-refractivity contribution in [3.63, 3.8) is 0 Å². The number of fused-ring (bicyclic) bond motifs is 1. The second-order valence-electron chi connectivity index (χ2n) is 9.12. The predicted octanol–water partition coefficient (Wildman–Crippen LogP) is 0.110. The number of anilines is 1. The first-order chi connectivity index (χ1) is 19.1. The molecule has 0 spiro atoms. The van der Waals surface area contributed by atoms with Crippen LogP contribution < -0.4 is 10.6 Å². The third-order valence-electron chi connectivity index (χ3n) is 6.34. The molecule has 1 fully saturated rings. The van der Waals surface area contributed by atoms with Crippen LogP contribution in [0.3, 0.4) is 0 Å². The molecule has 2 aromatic heterocycles. The number of imidazole rings is 1. The Hall–Kier alpha value is -3.72. The van der Waals surface area contributed by atoms with Crippen molar-refractivity contribution in [2.45, 2.75) is 61.7 Å². The lowest BCUT2D eigenvalue weighted by Crippen LogP contribution is -2.33. The molecule has 0 saturated carbocycles. The number of carbonyl (C=O) groups is 1. The van der Waals surface area contributed by atoms with E-state index in [1.54, 1.807) is 0 Å². The van der Waals surface area contributed by atoms with E-state index in [4.69, 9.17) is 14.6 Å². The Balaban J connectivity index is 1.57. The van der Waals surface area contributed by atoms with Crippen molar-refractivity contribution in [1.29, 1.82) is 5.26 Å². The lowest BCUT2D eigenvalue weighted by Gasteiger charge is -2.17. The molecule has 4 rings (SSSR count). The molecular weight excluding hydrogens is 546 g/mol. The monoisotopic (exact) mass is 575 g/mol. The maximum absolute atomic E-state index is 12.7. The minimum Gasteiger partial charge on any atom is -0.394 e. The van der Waals surface area contributed by atoms with Gasteiger partial charge in [-0.05, 0) is 37.1 Å². The van der Waals surface area contributed by atoms with Crippen molar-refractivity contribution < 1.29 is 37.8 Å². The zero-order chi connectivity index (χ0) is 28.9. The van der Waals surface area contributed by atoms with Gasteiger partial charge in [-0.15, -0.1) is 0 Å². The average Bonchev–Trinajstić information content (AvgIpc) is 3.48. The summed E-state index contributed by atoms with van der Waals surface area (Å²) < 4.78 is 38.6. The van der Waals surface area contributed by atoms with Gasteiger partial charge in [0.15, 0.2) is 29.0 Å². The van der Waals surface area contributed by atoms with Gasteiger partial charge >= 0.3 is 0 Å². The van der Waals surface area contributed by atoms with Gasteiger partial charge in [-0.25, -0.2) is 15.0 Å². The zero-order valence-electron chi connectivity index (χ0n) is 21.2. The molecule has 3 heterocycles. The van der Waals surface area contributed by atoms with E-state index in [0.29, 0.717) is 24.3 Å². The van der Waals surface area contributed by atoms with E-state index in [9.17, 15) is 28.5 Å². The molecule has 1 amide bonds. The van der Waals surface area contributed by atoms with Crippen LogP contribution in [0.25, 0.3) is 11.2 Å². The number of carbonyl (C=O) groups excluding carboxylic acids is 1. The second kappa shape index (κ2) is 12.6. The van der Waals surface area contributed by atoms with Crippen molar-refractivity contribution in [2.75, 3.05) is 18.5 Å². The molecule has 0 aliphatic carbocycles. The third-order valence-corrected chi connectivity index (χ3v) is 7.21. The highest BCUT2D eigenvalue weighted by atomic mass is 32.2. The molecule has 40 heavy (non-hydrogen) atoms. The van der Waals surface area contributed by atoms with Crippen molar-refractivity contribution in [3.8, 4) is 6.07 Å². The number of ether oxygens (including phenoxy) is 1. The van der Waals surface area contributed by atoms with E-state index >= 15 is 0 Å². The lowest BCUT2D eigenvalue weighted by atomic mass is 10.1. The van der Waals surface area contributed by atoms with Crippen molar-refractivity contribution in [1.82, 2.24) is 24.8 Å². The van der Waals surface area contributed by atoms with Crippen LogP contribution in [-0.2, 0) is 21.4 Å². The predicted molar refractivity (Wildman–Crippen MR) is 138 cm³/mol. The number of unbranched alkanes of at least 4 members (excludes halogenated alkanes) is 3. The van der Waals surface area contributed by atoms with E-state index in [0.717, 1.165) is 31.4 Å². The highest BCUT2D eigenvalue weighted by Gasteiger charge is 2.44. The summed E-state index contributed by atoms with van der Waals surface area (Å²) in [5.74, 6) is -0.0111. The molecule has 16 heteroatoms. The summed E-state index contributed by atoms with van der Waals surface area (Å²) in [6, 6.07) is 6.81. The fourth-order valence-electron chi connectivity index (χ4n) is 4.21. The number of amides is 1. The van der Waals surface area contributed by atoms with Crippen molar-refractivity contribution in [3.05, 3.63) is 42.0 Å². The number of aliphatic hydroxyl groups excluding tert-OH is 3. The topological polar surface area (TPSA) is 233 Å². The number of benzene rings is 1. The summed E-state index contributed by atoms with van der Waals surface area (Å²) in [7, 11) is -4.40. The Morgan fingerprint density at radius 3 is 2.52 bits per heavy atom. The summed E-state index contributed by atoms with van der Waals surface area (Å²) in [6.07, 6.45) is -0.600. The molecular formula is C24H29N7O8S. The maximum atomic E-state index is 12.7. The molecule has 6 N–H and O–H groups in total. The van der Waals surface area contributed by atoms with E-state index in [1.807, 2.05) is 0 Å². The summed E-state index contributed by atoms with van der Waals surface area (Å²) >= 11 is 0. The summed E-state index contributed by atoms with van der Waals surface area (Å²) in [5.41, 5.74) is 0.741. The molecule has 0 bridgehead atoms. The van der Waals surface area contributed by atoms with Crippen molar-refractivity contribution in [2.24, 2.45) is 0 Å². The first-order valence-electron chi connectivity index (χ1n) is 12.5. The molecule has 1 aliphatic heterocycles. The standard InChI is InChI=1S/C24H29N7O8S/c25-9-3-1-2-4-10-26-21-18-22(31(13-28-18)24-20(34)19(33)16(12-32)39-24)30-17(29-21)11-27-23(35)14-5-7-15(8-6-14)40(36,37)38/h5-8,13,16,19-20,24,32-34H,1-4,10-12H2,(H,27,35)(H,26,29,30)(H,36,37,38)/t16-,19-,20-,24-/m1/s1. The van der Waals surface area contributed by atoms with Crippen LogP contribution in [0, 0.1) is 11.3 Å². The highest BCUT2D eigenvalue weighted by molar-refractivity contribution is 7.85. The SMILES string of the molecule is N#CCCCCCNc1nc(CNC(=O)c2ccc(S(=O)(=O)O)cc2)nc2c1ncn2[C@@H]1O[C@H](CO)[C@@H](O)[C@H]1O. The molecule has 1 aromatic carbocycles. The fraction of sp³-hybridized carbons (Fsp3) is 0.458. The number of nitrogens with one attached hydrogen (secondary N) is 2. The molecule has 15 nitrogen and oxygen atoms in total. The van der Waals surface area contributed by atoms with E-state index in [1.165, 1.54) is 23.0 Å². The molecule has 214 valence electrons. The van der Waals surface area contributed by atoms with Crippen LogP contribution in [0.4, 0.5) is 5.82 Å². The number of aliphatic hydroxyl groups is 3. The summed E-state index contributed by atoms with van der Waals surface area (Å²) in [4.78, 5) is 25.6. The van der Waals surface area contributed by atoms with Gasteiger partial charge in [0.05, 0.1) is 30.4 Å². The number of hydrogen-bond acceptors (Lipinski definition) is 12. The van der Waals surface area contributed by atoms with Gasteiger partial charge < -0.3 is 30.7 Å². The Labute approximate surface area is 229 Å². The Morgan fingerprint density at radius 2 is 1.88 bits per heavy atom. The molecule has 1 aliphatic rings. The molecule has 0 unspecified atom stereocenters. The van der Waals surface area contributed by atoms with Gasteiger partial charge in [0.1, 0.15) is 18.3 Å². The van der Waals surface area contributed by atoms with E-state index in [-0.39, 0.29) is 28.5 Å². The number of rotatable bonds is 12. The van der Waals surface area contributed by atoms with E-state index < -0.39 is 47.2 Å². The van der Waals surface area contributed by atoms with E-state index in [2.05, 4.69) is 31.7 Å². The fourth-order valence-corrected chi connectivity index (χ4v) is 4.69. The Bertz CT molecular complexity index is 1490. The smallest absolute Gasteiger partial charge is 0.294 e. The Morgan fingerprint density at radius 1 is 1.12 bits per heavy atom. The molecule has 3 aromatic rings. The Kier molecular flexibility index (Phi) is 9.25. The first kappa shape index (κ1) is 29.3. The molecule has 4 atom stereocenters. The van der Waals surface area contributed by atoms with Gasteiger partial charge in [-0.3, -0.25) is 13.9 Å². The van der Waals surface area contributed by atoms with Crippen LogP contribution in [0.5, 0.6) is 0 Å². The largest absolute Gasteiger partial charge is 0.394 e. The lowest BCUT2D eigenvalue weighted by molar-refractivity contribution is -0.0511. The van der Waals surface area contributed by atoms with Crippen LogP contribution in [0.1, 0.15) is 48.1 Å². The highest BCUT2D eigenvalue weighted by Crippen LogP contribution is 2.32. The molecule has 0 radical (unpaired) electrons. The minimum atomic E-state index is -4.40. The van der Waals surface area contributed by atoms with Gasteiger partial charge in [0.2, 0.25) is 0 Å². The number of nitrogens with zero attached hydrogens (tertiary/aromatic N) is 5. The minimum absolute atomic E-state index is 0.132.